The number of hydrogen-bond donors (Lipinski definition) is 1. The number of esters is 1. The fraction of sp³-hybridized carbons (Fsp3) is 0.444. The van der Waals surface area contributed by atoms with Crippen LogP contribution in [0.15, 0.2) is 24.8 Å². The molecular formula is C9H14O3. The predicted molar refractivity (Wildman–Crippen MR) is 46.6 cm³/mol. The van der Waals surface area contributed by atoms with E-state index in [1.165, 1.54) is 0 Å². The lowest BCUT2D eigenvalue weighted by atomic mass is 10.2. The Balaban J connectivity index is 3.57. The van der Waals surface area contributed by atoms with Gasteiger partial charge in [-0.25, -0.2) is 4.79 Å². The minimum Gasteiger partial charge on any atom is -0.462 e. The van der Waals surface area contributed by atoms with Crippen LogP contribution in [0, 0.1) is 0 Å². The van der Waals surface area contributed by atoms with Crippen molar-refractivity contribution < 1.29 is 14.6 Å². The Morgan fingerprint density at radius 2 is 2.25 bits per heavy atom. The molecule has 0 rings (SSSR count). The second kappa shape index (κ2) is 6.61. The highest BCUT2D eigenvalue weighted by Crippen LogP contribution is 2.01. The Morgan fingerprint density at radius 1 is 1.58 bits per heavy atom. The molecule has 0 amide bonds. The molecule has 0 aliphatic carbocycles. The number of allylic oxidation sites excluding steroid dienone is 1. The van der Waals surface area contributed by atoms with Gasteiger partial charge in [0.05, 0.1) is 6.61 Å². The van der Waals surface area contributed by atoms with E-state index < -0.39 is 5.97 Å². The van der Waals surface area contributed by atoms with Crippen molar-refractivity contribution in [3.05, 3.63) is 24.8 Å². The molecule has 68 valence electrons. The molecule has 3 heteroatoms. The van der Waals surface area contributed by atoms with Gasteiger partial charge >= 0.3 is 5.97 Å². The van der Waals surface area contributed by atoms with Crippen molar-refractivity contribution in [3.8, 4) is 0 Å². The third-order valence-electron chi connectivity index (χ3n) is 1.22. The third kappa shape index (κ3) is 4.68. The highest BCUT2D eigenvalue weighted by molar-refractivity contribution is 5.87. The number of carbonyl (C=O) groups is 1. The quantitative estimate of drug-likeness (QED) is 0.280. The minimum absolute atomic E-state index is 0.0290. The van der Waals surface area contributed by atoms with Crippen LogP contribution in [-0.4, -0.2) is 24.3 Å². The largest absolute Gasteiger partial charge is 0.462 e. The van der Waals surface area contributed by atoms with E-state index in [0.717, 1.165) is 0 Å². The van der Waals surface area contributed by atoms with E-state index in [9.17, 15) is 4.79 Å². The first-order chi connectivity index (χ1) is 5.72. The van der Waals surface area contributed by atoms with Crippen molar-refractivity contribution in [3.63, 3.8) is 0 Å². The normalized spacial score (nSPS) is 9.08. The van der Waals surface area contributed by atoms with E-state index in [4.69, 9.17) is 9.84 Å². The molecule has 0 saturated carbocycles. The smallest absolute Gasteiger partial charge is 0.333 e. The maximum absolute atomic E-state index is 11.0. The summed E-state index contributed by atoms with van der Waals surface area (Å²) in [5, 5.41) is 8.39. The van der Waals surface area contributed by atoms with Gasteiger partial charge in [-0.05, 0) is 6.42 Å². The van der Waals surface area contributed by atoms with E-state index in [0.29, 0.717) is 18.4 Å². The standard InChI is InChI=1S/C9H14O3/c1-3-5-8(2)9(11)12-7-4-6-10/h3,10H,1-2,4-7H2. The van der Waals surface area contributed by atoms with Gasteiger partial charge in [0.1, 0.15) is 0 Å². The van der Waals surface area contributed by atoms with Gasteiger partial charge in [-0.1, -0.05) is 12.7 Å². The van der Waals surface area contributed by atoms with Gasteiger partial charge in [-0.2, -0.15) is 0 Å². The summed E-state index contributed by atoms with van der Waals surface area (Å²) in [7, 11) is 0. The van der Waals surface area contributed by atoms with Crippen molar-refractivity contribution >= 4 is 5.97 Å². The molecule has 0 saturated heterocycles. The first kappa shape index (κ1) is 10.9. The first-order valence-electron chi connectivity index (χ1n) is 3.79. The van der Waals surface area contributed by atoms with Crippen LogP contribution in [0.4, 0.5) is 0 Å². The zero-order chi connectivity index (χ0) is 9.40. The van der Waals surface area contributed by atoms with Crippen molar-refractivity contribution in [2.45, 2.75) is 12.8 Å². The molecule has 0 heterocycles. The maximum Gasteiger partial charge on any atom is 0.333 e. The molecule has 12 heavy (non-hydrogen) atoms. The van der Waals surface area contributed by atoms with Gasteiger partial charge in [0, 0.05) is 18.6 Å². The Kier molecular flexibility index (Phi) is 6.01. The second-order valence-corrected chi connectivity index (χ2v) is 2.31. The molecule has 1 N–H and O–H groups in total. The molecule has 0 aliphatic rings. The average molecular weight is 170 g/mol. The monoisotopic (exact) mass is 170 g/mol. The zero-order valence-corrected chi connectivity index (χ0v) is 7.08. The van der Waals surface area contributed by atoms with Crippen LogP contribution in [0.5, 0.6) is 0 Å². The second-order valence-electron chi connectivity index (χ2n) is 2.31. The van der Waals surface area contributed by atoms with Gasteiger partial charge in [0.15, 0.2) is 0 Å². The van der Waals surface area contributed by atoms with Crippen molar-refractivity contribution in [2.24, 2.45) is 0 Å². The SMILES string of the molecule is C=CCC(=C)C(=O)OCCCO. The predicted octanol–water partition coefficient (Wildman–Crippen LogP) is 1.04. The van der Waals surface area contributed by atoms with Crippen LogP contribution < -0.4 is 0 Å². The molecular weight excluding hydrogens is 156 g/mol. The summed E-state index contributed by atoms with van der Waals surface area (Å²) in [5.74, 6) is -0.414. The van der Waals surface area contributed by atoms with Gasteiger partial charge in [0.25, 0.3) is 0 Å². The Hall–Kier alpha value is -1.09. The van der Waals surface area contributed by atoms with Crippen LogP contribution in [-0.2, 0) is 9.53 Å². The van der Waals surface area contributed by atoms with Crippen LogP contribution in [0.1, 0.15) is 12.8 Å². The van der Waals surface area contributed by atoms with E-state index >= 15 is 0 Å². The Bertz CT molecular complexity index is 173. The van der Waals surface area contributed by atoms with Gasteiger partial charge < -0.3 is 9.84 Å². The fourth-order valence-corrected chi connectivity index (χ4v) is 0.589. The van der Waals surface area contributed by atoms with Crippen molar-refractivity contribution in [1.82, 2.24) is 0 Å². The molecule has 0 radical (unpaired) electrons. The van der Waals surface area contributed by atoms with Crippen molar-refractivity contribution in [2.75, 3.05) is 13.2 Å². The summed E-state index contributed by atoms with van der Waals surface area (Å²) < 4.78 is 4.75. The summed E-state index contributed by atoms with van der Waals surface area (Å²) in [6.07, 6.45) is 2.50. The third-order valence-corrected chi connectivity index (χ3v) is 1.22. The highest BCUT2D eigenvalue weighted by Gasteiger charge is 2.05. The number of aliphatic hydroxyl groups is 1. The molecule has 0 atom stereocenters. The van der Waals surface area contributed by atoms with Crippen LogP contribution >= 0.6 is 0 Å². The molecule has 0 spiro atoms. The maximum atomic E-state index is 11.0. The number of ether oxygens (including phenoxy) is 1. The van der Waals surface area contributed by atoms with Crippen molar-refractivity contribution in [1.29, 1.82) is 0 Å². The molecule has 3 nitrogen and oxygen atoms in total. The van der Waals surface area contributed by atoms with E-state index in [2.05, 4.69) is 13.2 Å². The zero-order valence-electron chi connectivity index (χ0n) is 7.08. The first-order valence-corrected chi connectivity index (χ1v) is 3.79. The molecule has 0 aromatic heterocycles. The van der Waals surface area contributed by atoms with Gasteiger partial charge in [-0.3, -0.25) is 0 Å². The van der Waals surface area contributed by atoms with Crippen LogP contribution in [0.3, 0.4) is 0 Å². The van der Waals surface area contributed by atoms with E-state index in [1.807, 2.05) is 0 Å². The lowest BCUT2D eigenvalue weighted by Crippen LogP contribution is -2.08. The highest BCUT2D eigenvalue weighted by atomic mass is 16.5. The molecule has 0 bridgehead atoms. The number of aliphatic hydroxyl groups excluding tert-OH is 1. The molecule has 0 unspecified atom stereocenters. The molecule has 0 aliphatic heterocycles. The van der Waals surface area contributed by atoms with Gasteiger partial charge in [-0.15, -0.1) is 6.58 Å². The van der Waals surface area contributed by atoms with Gasteiger partial charge in [0.2, 0.25) is 0 Å². The molecule has 0 aromatic rings. The topological polar surface area (TPSA) is 46.5 Å². The summed E-state index contributed by atoms with van der Waals surface area (Å²) >= 11 is 0. The Morgan fingerprint density at radius 3 is 2.75 bits per heavy atom. The summed E-state index contributed by atoms with van der Waals surface area (Å²) in [6, 6.07) is 0. The fourth-order valence-electron chi connectivity index (χ4n) is 0.589. The molecule has 0 fully saturated rings. The van der Waals surface area contributed by atoms with Crippen LogP contribution in [0.25, 0.3) is 0 Å². The average Bonchev–Trinajstić information content (AvgIpc) is 2.05. The van der Waals surface area contributed by atoms with Crippen LogP contribution in [0.2, 0.25) is 0 Å². The summed E-state index contributed by atoms with van der Waals surface area (Å²) in [6.45, 7) is 7.26. The number of hydrogen-bond acceptors (Lipinski definition) is 3. The lowest BCUT2D eigenvalue weighted by Gasteiger charge is -2.03. The summed E-state index contributed by atoms with van der Waals surface area (Å²) in [5.41, 5.74) is 0.392. The number of carbonyl (C=O) groups excluding carboxylic acids is 1. The summed E-state index contributed by atoms with van der Waals surface area (Å²) in [4.78, 5) is 11.0. The van der Waals surface area contributed by atoms with E-state index in [-0.39, 0.29) is 13.2 Å². The van der Waals surface area contributed by atoms with E-state index in [1.54, 1.807) is 6.08 Å². The number of rotatable bonds is 6. The minimum atomic E-state index is -0.414. The Labute approximate surface area is 72.3 Å². The molecule has 0 aromatic carbocycles. The lowest BCUT2D eigenvalue weighted by molar-refractivity contribution is -0.139.